The zero-order valence-electron chi connectivity index (χ0n) is 17.9. The molecule has 1 saturated heterocycles. The Bertz CT molecular complexity index is 983. The summed E-state index contributed by atoms with van der Waals surface area (Å²) in [4.78, 5) is 27.3. The molecular weight excluding hydrogens is 382 g/mol. The van der Waals surface area contributed by atoms with Crippen LogP contribution < -0.4 is 9.47 Å². The molecule has 2 aliphatic rings. The van der Waals surface area contributed by atoms with E-state index >= 15 is 0 Å². The van der Waals surface area contributed by atoms with Crippen molar-refractivity contribution in [1.29, 1.82) is 0 Å². The molecule has 2 aliphatic heterocycles. The summed E-state index contributed by atoms with van der Waals surface area (Å²) in [7, 11) is 1.63. The van der Waals surface area contributed by atoms with Gasteiger partial charge in [0.25, 0.3) is 0 Å². The van der Waals surface area contributed by atoms with E-state index in [0.29, 0.717) is 37.2 Å². The van der Waals surface area contributed by atoms with E-state index in [9.17, 15) is 9.59 Å². The van der Waals surface area contributed by atoms with Gasteiger partial charge in [-0.3, -0.25) is 4.79 Å². The highest BCUT2D eigenvalue weighted by molar-refractivity contribution is 6.08. The molecule has 30 heavy (non-hydrogen) atoms. The summed E-state index contributed by atoms with van der Waals surface area (Å²) in [5, 5.41) is 0. The molecule has 6 heteroatoms. The van der Waals surface area contributed by atoms with Crippen molar-refractivity contribution >= 4 is 11.9 Å². The van der Waals surface area contributed by atoms with E-state index < -0.39 is 11.2 Å². The van der Waals surface area contributed by atoms with Crippen LogP contribution in [-0.4, -0.2) is 48.2 Å². The lowest BCUT2D eigenvalue weighted by molar-refractivity contribution is -0.00474. The average molecular weight is 409 g/mol. The minimum absolute atomic E-state index is 0.00825. The van der Waals surface area contributed by atoms with E-state index in [2.05, 4.69) is 0 Å². The Balaban J connectivity index is 1.51. The molecule has 158 valence electrons. The minimum Gasteiger partial charge on any atom is -0.497 e. The highest BCUT2D eigenvalue weighted by Gasteiger charge is 2.50. The van der Waals surface area contributed by atoms with Crippen LogP contribution in [0.2, 0.25) is 0 Å². The molecule has 2 aromatic rings. The standard InChI is InChI=1S/C24H27NO5/c1-23(2,3)30-22(27)25-12-10-24(11-13-25)21(26)19-15-17(8-9-20(19)29-24)16-6-5-7-18(14-16)28-4/h5-9,14-15H,10-13H2,1-4H3. The zero-order valence-corrected chi connectivity index (χ0v) is 17.9. The van der Waals surface area contributed by atoms with Gasteiger partial charge in [-0.1, -0.05) is 18.2 Å². The minimum atomic E-state index is -0.895. The largest absolute Gasteiger partial charge is 0.497 e. The molecule has 1 fully saturated rings. The number of ether oxygens (including phenoxy) is 3. The number of ketones is 1. The quantitative estimate of drug-likeness (QED) is 0.719. The first-order valence-electron chi connectivity index (χ1n) is 10.2. The van der Waals surface area contributed by atoms with Crippen molar-refractivity contribution < 1.29 is 23.8 Å². The predicted molar refractivity (Wildman–Crippen MR) is 113 cm³/mol. The molecule has 0 bridgehead atoms. The van der Waals surface area contributed by atoms with Crippen LogP contribution in [-0.2, 0) is 4.74 Å². The van der Waals surface area contributed by atoms with Crippen molar-refractivity contribution in [2.24, 2.45) is 0 Å². The van der Waals surface area contributed by atoms with Crippen LogP contribution in [0.4, 0.5) is 4.79 Å². The Morgan fingerprint density at radius 1 is 1.07 bits per heavy atom. The highest BCUT2D eigenvalue weighted by atomic mass is 16.6. The van der Waals surface area contributed by atoms with E-state index in [1.165, 1.54) is 0 Å². The van der Waals surface area contributed by atoms with Crippen LogP contribution >= 0.6 is 0 Å². The first-order valence-corrected chi connectivity index (χ1v) is 10.2. The fourth-order valence-electron chi connectivity index (χ4n) is 3.99. The Morgan fingerprint density at radius 3 is 2.43 bits per heavy atom. The molecular formula is C24H27NO5. The molecule has 4 rings (SSSR count). The zero-order chi connectivity index (χ0) is 21.5. The normalized spacial score (nSPS) is 17.5. The van der Waals surface area contributed by atoms with Gasteiger partial charge in [0.1, 0.15) is 17.1 Å². The molecule has 0 radical (unpaired) electrons. The maximum Gasteiger partial charge on any atom is 0.410 e. The number of likely N-dealkylation sites (tertiary alicyclic amines) is 1. The molecule has 0 atom stereocenters. The average Bonchev–Trinajstić information content (AvgIpc) is 2.98. The second kappa shape index (κ2) is 7.35. The molecule has 0 aromatic heterocycles. The Morgan fingerprint density at radius 2 is 1.77 bits per heavy atom. The number of carbonyl (C=O) groups is 2. The second-order valence-corrected chi connectivity index (χ2v) is 8.84. The van der Waals surface area contributed by atoms with Gasteiger partial charge < -0.3 is 19.1 Å². The van der Waals surface area contributed by atoms with Gasteiger partial charge in [0.2, 0.25) is 5.78 Å². The molecule has 0 unspecified atom stereocenters. The van der Waals surface area contributed by atoms with Gasteiger partial charge >= 0.3 is 6.09 Å². The molecule has 2 aromatic carbocycles. The van der Waals surface area contributed by atoms with Gasteiger partial charge in [-0.2, -0.15) is 0 Å². The van der Waals surface area contributed by atoms with Crippen molar-refractivity contribution in [3.63, 3.8) is 0 Å². The third-order valence-corrected chi connectivity index (χ3v) is 5.57. The molecule has 1 spiro atoms. The number of nitrogens with zero attached hydrogens (tertiary/aromatic N) is 1. The highest BCUT2D eigenvalue weighted by Crippen LogP contribution is 2.42. The van der Waals surface area contributed by atoms with E-state index in [0.717, 1.165) is 16.9 Å². The Hall–Kier alpha value is -3.02. The Labute approximate surface area is 176 Å². The fourth-order valence-corrected chi connectivity index (χ4v) is 3.99. The molecule has 6 nitrogen and oxygen atoms in total. The van der Waals surface area contributed by atoms with E-state index in [-0.39, 0.29) is 11.9 Å². The molecule has 0 saturated carbocycles. The second-order valence-electron chi connectivity index (χ2n) is 8.84. The third kappa shape index (κ3) is 3.74. The number of hydrogen-bond acceptors (Lipinski definition) is 5. The first-order chi connectivity index (χ1) is 14.2. The topological polar surface area (TPSA) is 65.1 Å². The lowest BCUT2D eigenvalue weighted by atomic mass is 9.85. The van der Waals surface area contributed by atoms with Crippen molar-refractivity contribution in [3.05, 3.63) is 48.0 Å². The van der Waals surface area contributed by atoms with E-state index in [4.69, 9.17) is 14.2 Å². The summed E-state index contributed by atoms with van der Waals surface area (Å²) in [5.41, 5.74) is 1.08. The van der Waals surface area contributed by atoms with Crippen LogP contribution in [0.1, 0.15) is 44.0 Å². The predicted octanol–water partition coefficient (Wildman–Crippen LogP) is 4.71. The third-order valence-electron chi connectivity index (χ3n) is 5.57. The number of methoxy groups -OCH3 is 1. The summed E-state index contributed by atoms with van der Waals surface area (Å²) < 4.78 is 16.9. The number of carbonyl (C=O) groups excluding carboxylic acids is 2. The van der Waals surface area contributed by atoms with E-state index in [1.54, 1.807) is 12.0 Å². The van der Waals surface area contributed by atoms with Gasteiger partial charge in [0, 0.05) is 25.9 Å². The summed E-state index contributed by atoms with van der Waals surface area (Å²) in [5.74, 6) is 1.37. The van der Waals surface area contributed by atoms with Crippen molar-refractivity contribution in [2.45, 2.75) is 44.8 Å². The number of rotatable bonds is 2. The van der Waals surface area contributed by atoms with Crippen LogP contribution in [0.15, 0.2) is 42.5 Å². The van der Waals surface area contributed by atoms with Crippen LogP contribution in [0, 0.1) is 0 Å². The number of Topliss-reactive ketones (excluding diaryl/α,β-unsaturated/α-hetero) is 1. The summed E-state index contributed by atoms with van der Waals surface area (Å²) >= 11 is 0. The SMILES string of the molecule is COc1cccc(-c2ccc3c(c2)C(=O)C2(CCN(C(=O)OC(C)(C)C)CC2)O3)c1. The van der Waals surface area contributed by atoms with Crippen LogP contribution in [0.25, 0.3) is 11.1 Å². The molecule has 1 amide bonds. The van der Waals surface area contributed by atoms with Crippen molar-refractivity contribution in [3.8, 4) is 22.6 Å². The molecule has 0 aliphatic carbocycles. The van der Waals surface area contributed by atoms with Gasteiger partial charge in [0.05, 0.1) is 12.7 Å². The maximum absolute atomic E-state index is 13.3. The van der Waals surface area contributed by atoms with Crippen molar-refractivity contribution in [1.82, 2.24) is 4.90 Å². The lowest BCUT2D eigenvalue weighted by Gasteiger charge is -2.37. The van der Waals surface area contributed by atoms with Crippen LogP contribution in [0.5, 0.6) is 11.5 Å². The summed E-state index contributed by atoms with van der Waals surface area (Å²) in [6, 6.07) is 13.4. The van der Waals surface area contributed by atoms with E-state index in [1.807, 2.05) is 63.2 Å². The maximum atomic E-state index is 13.3. The summed E-state index contributed by atoms with van der Waals surface area (Å²) in [6.45, 7) is 6.39. The van der Waals surface area contributed by atoms with Gasteiger partial charge in [-0.05, 0) is 56.2 Å². The lowest BCUT2D eigenvalue weighted by Crippen LogP contribution is -2.52. The first kappa shape index (κ1) is 20.3. The fraction of sp³-hybridized carbons (Fsp3) is 0.417. The number of fused-ring (bicyclic) bond motifs is 1. The number of amides is 1. The monoisotopic (exact) mass is 409 g/mol. The Kier molecular flexibility index (Phi) is 4.96. The van der Waals surface area contributed by atoms with Gasteiger partial charge in [0.15, 0.2) is 5.60 Å². The number of piperidine rings is 1. The number of benzene rings is 2. The summed E-state index contributed by atoms with van der Waals surface area (Å²) in [6.07, 6.45) is 0.559. The molecule has 2 heterocycles. The van der Waals surface area contributed by atoms with Crippen molar-refractivity contribution in [2.75, 3.05) is 20.2 Å². The molecule has 0 N–H and O–H groups in total. The van der Waals surface area contributed by atoms with Gasteiger partial charge in [-0.15, -0.1) is 0 Å². The smallest absolute Gasteiger partial charge is 0.410 e. The van der Waals surface area contributed by atoms with Gasteiger partial charge in [-0.25, -0.2) is 4.79 Å². The van der Waals surface area contributed by atoms with Crippen LogP contribution in [0.3, 0.4) is 0 Å². The number of hydrogen-bond donors (Lipinski definition) is 0.